The first kappa shape index (κ1) is 28.2. The fourth-order valence-electron chi connectivity index (χ4n) is 6.37. The fourth-order valence-corrected chi connectivity index (χ4v) is 7.31. The molecule has 0 radical (unpaired) electrons. The molecule has 4 aliphatic heterocycles. The van der Waals surface area contributed by atoms with Crippen LogP contribution < -0.4 is 0 Å². The van der Waals surface area contributed by atoms with E-state index in [0.717, 1.165) is 13.1 Å². The molecule has 0 aliphatic carbocycles. The summed E-state index contributed by atoms with van der Waals surface area (Å²) >= 11 is 3.65. The molecular weight excluding hydrogens is 546 g/mol. The minimum absolute atomic E-state index is 0.0257. The largest absolute Gasteiger partial charge is 0.461 e. The molecule has 3 unspecified atom stereocenters. The van der Waals surface area contributed by atoms with Gasteiger partial charge in [0.15, 0.2) is 0 Å². The minimum Gasteiger partial charge on any atom is -0.461 e. The fraction of sp³-hybridized carbons (Fsp3) is 0.731. The smallest absolute Gasteiger partial charge is 0.312 e. The van der Waals surface area contributed by atoms with E-state index in [9.17, 15) is 19.5 Å². The SMILES string of the molecule is C=CCOC(=O)[C@H]1[C@H]2C(=O)N([C@@H](CC)CO)C(C(=O)N(CC=C)CCN3CCOCC3)C23CC(Br)[C@@H]1O3. The van der Waals surface area contributed by atoms with Gasteiger partial charge in [-0.3, -0.25) is 19.3 Å². The van der Waals surface area contributed by atoms with E-state index in [4.69, 9.17) is 14.2 Å². The molecule has 206 valence electrons. The number of ether oxygens (including phenoxy) is 3. The molecule has 4 fully saturated rings. The Bertz CT molecular complexity index is 893. The number of aliphatic hydroxyl groups excluding tert-OH is 1. The maximum atomic E-state index is 14.3. The number of halogens is 1. The van der Waals surface area contributed by atoms with Gasteiger partial charge in [-0.1, -0.05) is 41.6 Å². The molecule has 10 nitrogen and oxygen atoms in total. The van der Waals surface area contributed by atoms with Crippen molar-refractivity contribution in [3.8, 4) is 0 Å². The predicted octanol–water partition coefficient (Wildman–Crippen LogP) is 0.581. The number of likely N-dealkylation sites (tertiary alicyclic amines) is 1. The van der Waals surface area contributed by atoms with Crippen LogP contribution in [-0.4, -0.2) is 125 Å². The zero-order valence-electron chi connectivity index (χ0n) is 21.4. The number of carbonyl (C=O) groups is 3. The Balaban J connectivity index is 1.68. The number of hydrogen-bond donors (Lipinski definition) is 1. The van der Waals surface area contributed by atoms with Crippen LogP contribution >= 0.6 is 15.9 Å². The minimum atomic E-state index is -1.19. The maximum Gasteiger partial charge on any atom is 0.312 e. The number of morpholine rings is 1. The Morgan fingerprint density at radius 2 is 2.05 bits per heavy atom. The van der Waals surface area contributed by atoms with Crippen LogP contribution in [0.3, 0.4) is 0 Å². The molecule has 37 heavy (non-hydrogen) atoms. The molecule has 4 rings (SSSR count). The standard InChI is InChI=1S/C26H38BrN3O7/c1-4-7-29(9-8-28-10-13-35-14-11-28)24(33)22-26-15-18(27)21(37-26)19(25(34)36-12-5-2)20(26)23(32)30(22)17(6-3)16-31/h4-5,17-22,31H,1-2,6-16H2,3H3/t17-,18?,19-,20-,21-,22?,26?/m0/s1. The van der Waals surface area contributed by atoms with Gasteiger partial charge in [0.25, 0.3) is 0 Å². The molecule has 0 aromatic rings. The maximum absolute atomic E-state index is 14.3. The Morgan fingerprint density at radius 3 is 2.68 bits per heavy atom. The zero-order chi connectivity index (χ0) is 26.7. The van der Waals surface area contributed by atoms with Gasteiger partial charge in [0.2, 0.25) is 11.8 Å². The van der Waals surface area contributed by atoms with Crippen LogP contribution in [0, 0.1) is 11.8 Å². The van der Waals surface area contributed by atoms with E-state index >= 15 is 0 Å². The average molecular weight is 585 g/mol. The van der Waals surface area contributed by atoms with Crippen molar-refractivity contribution < 1.29 is 33.7 Å². The molecule has 2 amide bonds. The average Bonchev–Trinajstić information content (AvgIpc) is 3.50. The molecule has 2 bridgehead atoms. The first-order valence-electron chi connectivity index (χ1n) is 13.1. The monoisotopic (exact) mass is 583 g/mol. The van der Waals surface area contributed by atoms with Crippen molar-refractivity contribution in [2.24, 2.45) is 11.8 Å². The Kier molecular flexibility index (Phi) is 9.11. The van der Waals surface area contributed by atoms with Crippen molar-refractivity contribution in [3.63, 3.8) is 0 Å². The van der Waals surface area contributed by atoms with E-state index in [0.29, 0.717) is 45.7 Å². The summed E-state index contributed by atoms with van der Waals surface area (Å²) in [5.41, 5.74) is -1.19. The van der Waals surface area contributed by atoms with Gasteiger partial charge in [-0.2, -0.15) is 0 Å². The summed E-state index contributed by atoms with van der Waals surface area (Å²) in [5, 5.41) is 10.2. The van der Waals surface area contributed by atoms with Crippen molar-refractivity contribution in [2.75, 3.05) is 59.2 Å². The van der Waals surface area contributed by atoms with Gasteiger partial charge in [0.1, 0.15) is 18.2 Å². The topological polar surface area (TPSA) is 109 Å². The summed E-state index contributed by atoms with van der Waals surface area (Å²) in [4.78, 5) is 46.7. The van der Waals surface area contributed by atoms with Crippen LogP contribution in [0.25, 0.3) is 0 Å². The van der Waals surface area contributed by atoms with E-state index in [1.807, 2.05) is 6.92 Å². The highest BCUT2D eigenvalue weighted by atomic mass is 79.9. The lowest BCUT2D eigenvalue weighted by Gasteiger charge is -2.39. The second-order valence-corrected chi connectivity index (χ2v) is 11.3. The number of fused-ring (bicyclic) bond motifs is 1. The number of nitrogens with zero attached hydrogens (tertiary/aromatic N) is 3. The lowest BCUT2D eigenvalue weighted by atomic mass is 9.70. The summed E-state index contributed by atoms with van der Waals surface area (Å²) in [7, 11) is 0. The first-order chi connectivity index (χ1) is 17.8. The normalized spacial score (nSPS) is 33.8. The van der Waals surface area contributed by atoms with Gasteiger partial charge in [-0.15, -0.1) is 6.58 Å². The van der Waals surface area contributed by atoms with Gasteiger partial charge in [0.05, 0.1) is 43.8 Å². The van der Waals surface area contributed by atoms with E-state index in [1.54, 1.807) is 11.0 Å². The van der Waals surface area contributed by atoms with Crippen molar-refractivity contribution in [3.05, 3.63) is 25.3 Å². The van der Waals surface area contributed by atoms with E-state index in [2.05, 4.69) is 34.0 Å². The summed E-state index contributed by atoms with van der Waals surface area (Å²) in [6.07, 6.45) is 3.42. The van der Waals surface area contributed by atoms with E-state index in [1.165, 1.54) is 11.0 Å². The molecule has 0 aromatic heterocycles. The van der Waals surface area contributed by atoms with Gasteiger partial charge < -0.3 is 29.1 Å². The summed E-state index contributed by atoms with van der Waals surface area (Å²) in [6, 6.07) is -1.54. The molecular formula is C26H38BrN3O7. The second kappa shape index (κ2) is 11.9. The third-order valence-corrected chi connectivity index (χ3v) is 8.95. The number of amides is 2. The molecule has 1 spiro atoms. The van der Waals surface area contributed by atoms with Crippen LogP contribution in [0.5, 0.6) is 0 Å². The number of hydrogen-bond acceptors (Lipinski definition) is 8. The molecule has 0 saturated carbocycles. The predicted molar refractivity (Wildman–Crippen MR) is 139 cm³/mol. The van der Waals surface area contributed by atoms with E-state index in [-0.39, 0.29) is 29.9 Å². The highest BCUT2D eigenvalue weighted by Crippen LogP contribution is 2.60. The van der Waals surface area contributed by atoms with Crippen LogP contribution in [0.2, 0.25) is 0 Å². The molecule has 1 N–H and O–H groups in total. The van der Waals surface area contributed by atoms with Crippen LogP contribution in [0.4, 0.5) is 0 Å². The Hall–Kier alpha value is -1.79. The second-order valence-electron chi connectivity index (χ2n) is 10.1. The summed E-state index contributed by atoms with van der Waals surface area (Å²) in [6.45, 7) is 13.4. The van der Waals surface area contributed by atoms with Gasteiger partial charge in [0, 0.05) is 37.6 Å². The molecule has 4 aliphatic rings. The van der Waals surface area contributed by atoms with Crippen LogP contribution in [0.15, 0.2) is 25.3 Å². The highest BCUT2D eigenvalue weighted by molar-refractivity contribution is 9.09. The number of rotatable bonds is 12. The molecule has 7 atom stereocenters. The first-order valence-corrected chi connectivity index (χ1v) is 14.0. The van der Waals surface area contributed by atoms with Crippen molar-refractivity contribution in [1.82, 2.24) is 14.7 Å². The lowest BCUT2D eigenvalue weighted by molar-refractivity contribution is -0.155. The van der Waals surface area contributed by atoms with Gasteiger partial charge >= 0.3 is 5.97 Å². The number of aliphatic hydroxyl groups is 1. The Labute approximate surface area is 226 Å². The molecule has 4 saturated heterocycles. The summed E-state index contributed by atoms with van der Waals surface area (Å²) < 4.78 is 17.3. The summed E-state index contributed by atoms with van der Waals surface area (Å²) in [5.74, 6) is -2.83. The van der Waals surface area contributed by atoms with E-state index < -0.39 is 41.6 Å². The highest BCUT2D eigenvalue weighted by Gasteiger charge is 2.77. The number of carbonyl (C=O) groups excluding carboxylic acids is 3. The Morgan fingerprint density at radius 1 is 1.32 bits per heavy atom. The van der Waals surface area contributed by atoms with Crippen LogP contribution in [0.1, 0.15) is 19.8 Å². The number of esters is 1. The zero-order valence-corrected chi connectivity index (χ0v) is 23.0. The quantitative estimate of drug-likeness (QED) is 0.202. The lowest BCUT2D eigenvalue weighted by Crippen LogP contribution is -2.59. The van der Waals surface area contributed by atoms with Crippen LogP contribution in [-0.2, 0) is 28.6 Å². The third-order valence-electron chi connectivity index (χ3n) is 8.10. The number of alkyl halides is 1. The van der Waals surface area contributed by atoms with Crippen molar-refractivity contribution >= 4 is 33.7 Å². The van der Waals surface area contributed by atoms with Crippen molar-refractivity contribution in [1.29, 1.82) is 0 Å². The van der Waals surface area contributed by atoms with Crippen molar-refractivity contribution in [2.45, 2.75) is 48.4 Å². The molecule has 11 heteroatoms. The van der Waals surface area contributed by atoms with Gasteiger partial charge in [-0.05, 0) is 12.8 Å². The third kappa shape index (κ3) is 5.01. The molecule has 4 heterocycles. The van der Waals surface area contributed by atoms with Gasteiger partial charge in [-0.25, -0.2) is 0 Å². The molecule has 0 aromatic carbocycles.